The minimum absolute atomic E-state index is 0.306. The molecule has 14 heavy (non-hydrogen) atoms. The molecule has 4 unspecified atom stereocenters. The van der Waals surface area contributed by atoms with Gasteiger partial charge >= 0.3 is 0 Å². The molecule has 2 fully saturated rings. The molecule has 0 aromatic rings. The first kappa shape index (κ1) is 10.8. The maximum Gasteiger partial charge on any atom is 0.0773 e. The molecule has 0 aromatic heterocycles. The Morgan fingerprint density at radius 1 is 1.21 bits per heavy atom. The first-order valence-electron chi connectivity index (χ1n) is 5.92. The molecule has 1 saturated carbocycles. The van der Waals surface area contributed by atoms with Gasteiger partial charge in [0.2, 0.25) is 0 Å². The molecular formula is C12H22OS. The Bertz CT molecular complexity index is 198. The molecule has 1 aliphatic heterocycles. The third kappa shape index (κ3) is 1.96. The highest BCUT2D eigenvalue weighted by molar-refractivity contribution is 7.99. The summed E-state index contributed by atoms with van der Waals surface area (Å²) in [6.45, 7) is 4.70. The zero-order valence-corrected chi connectivity index (χ0v) is 10.1. The fraction of sp³-hybridized carbons (Fsp3) is 1.00. The minimum Gasteiger partial charge on any atom is -0.389 e. The largest absolute Gasteiger partial charge is 0.389 e. The third-order valence-corrected chi connectivity index (χ3v) is 5.59. The van der Waals surface area contributed by atoms with Crippen LogP contribution >= 0.6 is 11.8 Å². The van der Waals surface area contributed by atoms with E-state index in [1.807, 2.05) is 11.8 Å². The highest BCUT2D eigenvalue weighted by Gasteiger charge is 2.42. The molecule has 1 nitrogen and oxygen atoms in total. The number of aliphatic hydroxyl groups is 1. The molecule has 0 bridgehead atoms. The van der Waals surface area contributed by atoms with Crippen molar-refractivity contribution in [3.05, 3.63) is 0 Å². The standard InChI is InChI=1S/C12H22OS/c1-9-3-4-11(7-10(9)2)12(13)5-6-14-8-12/h9-11,13H,3-8H2,1-2H3. The predicted octanol–water partition coefficient (Wildman–Crippen LogP) is 2.93. The summed E-state index contributed by atoms with van der Waals surface area (Å²) in [6.07, 6.45) is 4.85. The summed E-state index contributed by atoms with van der Waals surface area (Å²) in [5, 5.41) is 10.5. The molecule has 1 aliphatic carbocycles. The summed E-state index contributed by atoms with van der Waals surface area (Å²) in [4.78, 5) is 0. The molecule has 4 atom stereocenters. The van der Waals surface area contributed by atoms with E-state index in [0.717, 1.165) is 29.8 Å². The van der Waals surface area contributed by atoms with Crippen LogP contribution in [-0.2, 0) is 0 Å². The van der Waals surface area contributed by atoms with Crippen molar-refractivity contribution in [2.24, 2.45) is 17.8 Å². The topological polar surface area (TPSA) is 20.2 Å². The van der Waals surface area contributed by atoms with Crippen molar-refractivity contribution in [3.8, 4) is 0 Å². The lowest BCUT2D eigenvalue weighted by molar-refractivity contribution is -0.0254. The Hall–Kier alpha value is 0.310. The first-order chi connectivity index (χ1) is 6.62. The Morgan fingerprint density at radius 2 is 2.00 bits per heavy atom. The average molecular weight is 214 g/mol. The second kappa shape index (κ2) is 4.05. The van der Waals surface area contributed by atoms with Crippen LogP contribution in [0.25, 0.3) is 0 Å². The van der Waals surface area contributed by atoms with Gasteiger partial charge in [-0.3, -0.25) is 0 Å². The molecule has 2 rings (SSSR count). The van der Waals surface area contributed by atoms with Crippen molar-refractivity contribution in [1.82, 2.24) is 0 Å². The van der Waals surface area contributed by atoms with Crippen molar-refractivity contribution >= 4 is 11.8 Å². The van der Waals surface area contributed by atoms with E-state index < -0.39 is 0 Å². The van der Waals surface area contributed by atoms with Crippen molar-refractivity contribution < 1.29 is 5.11 Å². The number of rotatable bonds is 1. The van der Waals surface area contributed by atoms with E-state index in [9.17, 15) is 5.11 Å². The van der Waals surface area contributed by atoms with Crippen LogP contribution in [0.2, 0.25) is 0 Å². The van der Waals surface area contributed by atoms with Crippen molar-refractivity contribution in [1.29, 1.82) is 0 Å². The Morgan fingerprint density at radius 3 is 2.57 bits per heavy atom. The van der Waals surface area contributed by atoms with Crippen molar-refractivity contribution in [2.75, 3.05) is 11.5 Å². The normalized spacial score (nSPS) is 49.5. The van der Waals surface area contributed by atoms with E-state index in [1.54, 1.807) is 0 Å². The van der Waals surface area contributed by atoms with E-state index in [-0.39, 0.29) is 5.60 Å². The monoisotopic (exact) mass is 214 g/mol. The lowest BCUT2D eigenvalue weighted by atomic mass is 9.69. The highest BCUT2D eigenvalue weighted by Crippen LogP contribution is 2.44. The van der Waals surface area contributed by atoms with Gasteiger partial charge in [-0.15, -0.1) is 0 Å². The summed E-state index contributed by atoms with van der Waals surface area (Å²) in [5.41, 5.74) is -0.306. The lowest BCUT2D eigenvalue weighted by Gasteiger charge is -2.40. The SMILES string of the molecule is CC1CCC(C2(O)CCSC2)CC1C. The molecule has 0 spiro atoms. The molecule has 2 heteroatoms. The maximum atomic E-state index is 10.5. The minimum atomic E-state index is -0.306. The summed E-state index contributed by atoms with van der Waals surface area (Å²) < 4.78 is 0. The predicted molar refractivity (Wildman–Crippen MR) is 62.6 cm³/mol. The van der Waals surface area contributed by atoms with E-state index >= 15 is 0 Å². The van der Waals surface area contributed by atoms with Gasteiger partial charge in [-0.2, -0.15) is 11.8 Å². The van der Waals surface area contributed by atoms with Crippen LogP contribution in [-0.4, -0.2) is 22.2 Å². The highest BCUT2D eigenvalue weighted by atomic mass is 32.2. The molecule has 2 aliphatic rings. The second-order valence-electron chi connectivity index (χ2n) is 5.37. The van der Waals surface area contributed by atoms with Crippen molar-refractivity contribution in [2.45, 2.75) is 45.1 Å². The van der Waals surface area contributed by atoms with Crippen LogP contribution in [0.15, 0.2) is 0 Å². The van der Waals surface area contributed by atoms with Gasteiger partial charge in [0.1, 0.15) is 0 Å². The summed E-state index contributed by atoms with van der Waals surface area (Å²) in [6, 6.07) is 0. The third-order valence-electron chi connectivity index (χ3n) is 4.39. The summed E-state index contributed by atoms with van der Waals surface area (Å²) >= 11 is 1.93. The van der Waals surface area contributed by atoms with Gasteiger partial charge in [0.25, 0.3) is 0 Å². The quantitative estimate of drug-likeness (QED) is 0.724. The number of thioether (sulfide) groups is 1. The molecule has 0 amide bonds. The van der Waals surface area contributed by atoms with Crippen LogP contribution < -0.4 is 0 Å². The van der Waals surface area contributed by atoms with Gasteiger partial charge in [-0.1, -0.05) is 20.3 Å². The first-order valence-corrected chi connectivity index (χ1v) is 7.07. The lowest BCUT2D eigenvalue weighted by Crippen LogP contribution is -2.41. The van der Waals surface area contributed by atoms with Crippen LogP contribution in [0.3, 0.4) is 0 Å². The molecule has 1 N–H and O–H groups in total. The van der Waals surface area contributed by atoms with E-state index in [4.69, 9.17) is 0 Å². The number of hydrogen-bond donors (Lipinski definition) is 1. The molecule has 1 saturated heterocycles. The Balaban J connectivity index is 1.98. The van der Waals surface area contributed by atoms with Gasteiger partial charge in [-0.25, -0.2) is 0 Å². The second-order valence-corrected chi connectivity index (χ2v) is 6.48. The molecular weight excluding hydrogens is 192 g/mol. The molecule has 0 aromatic carbocycles. The van der Waals surface area contributed by atoms with Gasteiger partial charge in [0.05, 0.1) is 5.60 Å². The molecule has 1 heterocycles. The Labute approximate surface area is 91.7 Å². The summed E-state index contributed by atoms with van der Waals surface area (Å²) in [5.74, 6) is 4.41. The van der Waals surface area contributed by atoms with Gasteiger partial charge in [-0.05, 0) is 42.8 Å². The van der Waals surface area contributed by atoms with Crippen LogP contribution in [0, 0.1) is 17.8 Å². The van der Waals surface area contributed by atoms with Crippen LogP contribution in [0.5, 0.6) is 0 Å². The van der Waals surface area contributed by atoms with E-state index in [0.29, 0.717) is 5.92 Å². The van der Waals surface area contributed by atoms with Crippen LogP contribution in [0.4, 0.5) is 0 Å². The maximum absolute atomic E-state index is 10.5. The van der Waals surface area contributed by atoms with Gasteiger partial charge < -0.3 is 5.11 Å². The van der Waals surface area contributed by atoms with Gasteiger partial charge in [0.15, 0.2) is 0 Å². The molecule has 82 valence electrons. The summed E-state index contributed by atoms with van der Waals surface area (Å²) in [7, 11) is 0. The zero-order valence-electron chi connectivity index (χ0n) is 9.33. The van der Waals surface area contributed by atoms with Crippen molar-refractivity contribution in [3.63, 3.8) is 0 Å². The molecule has 0 radical (unpaired) electrons. The van der Waals surface area contributed by atoms with E-state index in [1.165, 1.54) is 19.3 Å². The van der Waals surface area contributed by atoms with Gasteiger partial charge in [0, 0.05) is 5.75 Å². The average Bonchev–Trinajstić information content (AvgIpc) is 2.58. The number of hydrogen-bond acceptors (Lipinski definition) is 2. The zero-order chi connectivity index (χ0) is 10.2. The smallest absolute Gasteiger partial charge is 0.0773 e. The fourth-order valence-corrected chi connectivity index (χ4v) is 4.30. The van der Waals surface area contributed by atoms with Crippen LogP contribution in [0.1, 0.15) is 39.5 Å². The Kier molecular flexibility index (Phi) is 3.13. The fourth-order valence-electron chi connectivity index (χ4n) is 2.93. The van der Waals surface area contributed by atoms with E-state index in [2.05, 4.69) is 13.8 Å².